The Kier molecular flexibility index (Phi) is 8.34. The maximum atomic E-state index is 12.9. The van der Waals surface area contributed by atoms with Crippen molar-refractivity contribution in [1.82, 2.24) is 15.3 Å². The summed E-state index contributed by atoms with van der Waals surface area (Å²) in [6.07, 6.45) is -0.776. The molecule has 0 aliphatic rings. The van der Waals surface area contributed by atoms with E-state index in [2.05, 4.69) is 15.3 Å². The Morgan fingerprint density at radius 1 is 1.20 bits per heavy atom. The fraction of sp³-hybridized carbons (Fsp3) is 0.250. The third-order valence-electron chi connectivity index (χ3n) is 5.01. The number of amides is 1. The number of carbonyl (C=O) groups is 2. The van der Waals surface area contributed by atoms with Crippen molar-refractivity contribution in [1.29, 1.82) is 0 Å². The van der Waals surface area contributed by atoms with Gasteiger partial charge in [-0.15, -0.1) is 34.4 Å². The number of thioether (sulfide) groups is 1. The van der Waals surface area contributed by atoms with Gasteiger partial charge in [0.05, 0.1) is 23.3 Å². The van der Waals surface area contributed by atoms with Gasteiger partial charge >= 0.3 is 5.97 Å². The Morgan fingerprint density at radius 2 is 2.03 bits per heavy atom. The number of nitrogens with one attached hydrogen (secondary N) is 2. The van der Waals surface area contributed by atoms with Gasteiger partial charge in [0.2, 0.25) is 5.91 Å². The summed E-state index contributed by atoms with van der Waals surface area (Å²) >= 11 is 4.18. The average Bonchev–Trinajstić information content (AvgIpc) is 3.53. The molecule has 0 bridgehead atoms. The monoisotopic (exact) mass is 529 g/mol. The van der Waals surface area contributed by atoms with Crippen LogP contribution >= 0.6 is 34.4 Å². The number of fused-ring (bicyclic) bond motifs is 1. The molecule has 3 heterocycles. The molecule has 11 heteroatoms. The van der Waals surface area contributed by atoms with E-state index in [1.165, 1.54) is 23.1 Å². The second kappa shape index (κ2) is 11.6. The number of esters is 1. The Hall–Kier alpha value is -2.99. The third-order valence-corrected chi connectivity index (χ3v) is 7.86. The fourth-order valence-electron chi connectivity index (χ4n) is 3.30. The van der Waals surface area contributed by atoms with Crippen LogP contribution < -0.4 is 10.9 Å². The van der Waals surface area contributed by atoms with Gasteiger partial charge in [0.15, 0.2) is 11.9 Å². The first-order valence-corrected chi connectivity index (χ1v) is 13.5. The number of hydrogen-bond donors (Lipinski definition) is 2. The number of aromatic amines is 1. The van der Waals surface area contributed by atoms with Crippen molar-refractivity contribution in [3.63, 3.8) is 0 Å². The zero-order chi connectivity index (χ0) is 24.8. The molecule has 0 aliphatic heterocycles. The average molecular weight is 530 g/mol. The number of benzene rings is 1. The van der Waals surface area contributed by atoms with Crippen LogP contribution in [0.2, 0.25) is 0 Å². The third kappa shape index (κ3) is 5.99. The zero-order valence-electron chi connectivity index (χ0n) is 19.0. The highest BCUT2D eigenvalue weighted by Gasteiger charge is 2.21. The number of methoxy groups -OCH3 is 1. The van der Waals surface area contributed by atoms with Gasteiger partial charge in [0.1, 0.15) is 4.83 Å². The van der Waals surface area contributed by atoms with E-state index in [-0.39, 0.29) is 23.0 Å². The van der Waals surface area contributed by atoms with Gasteiger partial charge in [-0.2, -0.15) is 0 Å². The van der Waals surface area contributed by atoms with Crippen molar-refractivity contribution >= 4 is 56.5 Å². The number of rotatable bonds is 10. The van der Waals surface area contributed by atoms with Crippen LogP contribution in [0.15, 0.2) is 56.8 Å². The topological polar surface area (TPSA) is 110 Å². The molecule has 0 fully saturated rings. The molecule has 1 amide bonds. The van der Waals surface area contributed by atoms with Crippen molar-refractivity contribution in [2.24, 2.45) is 0 Å². The lowest BCUT2D eigenvalue weighted by molar-refractivity contribution is -0.118. The molecule has 0 radical (unpaired) electrons. The quantitative estimate of drug-likeness (QED) is 0.177. The van der Waals surface area contributed by atoms with Gasteiger partial charge in [-0.05, 0) is 30.5 Å². The van der Waals surface area contributed by atoms with E-state index in [1.54, 1.807) is 49.6 Å². The van der Waals surface area contributed by atoms with E-state index in [4.69, 9.17) is 9.47 Å². The number of thiophene rings is 2. The Labute approximate surface area is 213 Å². The zero-order valence-corrected chi connectivity index (χ0v) is 21.5. The van der Waals surface area contributed by atoms with Gasteiger partial charge in [-0.1, -0.05) is 18.2 Å². The molecule has 3 aromatic heterocycles. The molecule has 2 N–H and O–H groups in total. The van der Waals surface area contributed by atoms with Crippen LogP contribution in [0, 0.1) is 0 Å². The molecular formula is C24H23N3O5S3. The number of ether oxygens (including phenoxy) is 2. The van der Waals surface area contributed by atoms with Gasteiger partial charge in [0, 0.05) is 34.4 Å². The predicted octanol–water partition coefficient (Wildman–Crippen LogP) is 4.49. The normalized spacial score (nSPS) is 11.9. The molecule has 0 unspecified atom stereocenters. The number of hydrogen-bond acceptors (Lipinski definition) is 9. The van der Waals surface area contributed by atoms with E-state index in [9.17, 15) is 14.4 Å². The van der Waals surface area contributed by atoms with Gasteiger partial charge in [-0.25, -0.2) is 9.78 Å². The lowest BCUT2D eigenvalue weighted by Gasteiger charge is -2.14. The maximum Gasteiger partial charge on any atom is 0.339 e. The minimum atomic E-state index is -0.776. The summed E-state index contributed by atoms with van der Waals surface area (Å²) in [6.45, 7) is 2.51. The number of H-pyrrole nitrogens is 1. The number of carbonyl (C=O) groups excluding carboxylic acids is 2. The Morgan fingerprint density at radius 3 is 2.80 bits per heavy atom. The highest BCUT2D eigenvalue weighted by molar-refractivity contribution is 8.00. The minimum absolute atomic E-state index is 0.153. The predicted molar refractivity (Wildman–Crippen MR) is 139 cm³/mol. The molecule has 1 aromatic carbocycles. The van der Waals surface area contributed by atoms with Crippen molar-refractivity contribution in [3.05, 3.63) is 68.9 Å². The van der Waals surface area contributed by atoms with Crippen LogP contribution in [0.25, 0.3) is 20.7 Å². The molecule has 1 atom stereocenters. The lowest BCUT2D eigenvalue weighted by atomic mass is 10.2. The van der Waals surface area contributed by atoms with E-state index in [1.807, 2.05) is 22.9 Å². The summed E-state index contributed by atoms with van der Waals surface area (Å²) < 4.78 is 10.6. The second-order valence-corrected chi connectivity index (χ2v) is 10.3. The van der Waals surface area contributed by atoms with Crippen LogP contribution in [-0.2, 0) is 14.3 Å². The molecule has 0 saturated heterocycles. The van der Waals surface area contributed by atoms with E-state index in [0.29, 0.717) is 33.8 Å². The summed E-state index contributed by atoms with van der Waals surface area (Å²) in [5, 5.41) is 7.15. The van der Waals surface area contributed by atoms with Crippen LogP contribution in [0.3, 0.4) is 0 Å². The van der Waals surface area contributed by atoms with Crippen molar-refractivity contribution in [3.8, 4) is 10.4 Å². The van der Waals surface area contributed by atoms with Crippen molar-refractivity contribution < 1.29 is 19.1 Å². The van der Waals surface area contributed by atoms with Crippen LogP contribution in [-0.4, -0.2) is 47.9 Å². The molecule has 4 rings (SSSR count). The summed E-state index contributed by atoms with van der Waals surface area (Å²) in [7, 11) is 1.57. The van der Waals surface area contributed by atoms with Crippen LogP contribution in [0.5, 0.6) is 0 Å². The maximum absolute atomic E-state index is 12.9. The molecule has 0 aliphatic carbocycles. The highest BCUT2D eigenvalue weighted by atomic mass is 32.2. The van der Waals surface area contributed by atoms with Gasteiger partial charge < -0.3 is 19.8 Å². The van der Waals surface area contributed by atoms with Crippen molar-refractivity contribution in [2.45, 2.75) is 17.9 Å². The number of nitrogens with zero attached hydrogens (tertiary/aromatic N) is 1. The molecule has 4 aromatic rings. The standard InChI is InChI=1S/C24H23N3O5S3/c1-14(21-26-22(29)20-16(12-35-23(20)27-21)18-8-5-11-33-18)32-24(30)15-6-3-4-7-17(15)34-13-19(28)25-9-10-31-2/h3-8,11-12,14H,9-10,13H2,1-2H3,(H,25,28)(H,26,27,29)/t14-/m1/s1. The molecule has 0 saturated carbocycles. The van der Waals surface area contributed by atoms with Gasteiger partial charge in [0.25, 0.3) is 5.56 Å². The Bertz CT molecular complexity index is 1380. The van der Waals surface area contributed by atoms with E-state index in [0.717, 1.165) is 10.4 Å². The van der Waals surface area contributed by atoms with Gasteiger partial charge in [-0.3, -0.25) is 9.59 Å². The minimum Gasteiger partial charge on any atom is -0.451 e. The molecule has 0 spiro atoms. The first-order chi connectivity index (χ1) is 17.0. The first-order valence-electron chi connectivity index (χ1n) is 10.7. The SMILES string of the molecule is COCCNC(=O)CSc1ccccc1C(=O)O[C@H](C)c1nc2scc(-c3cccs3)c2c(=O)[nH]1. The molecule has 8 nitrogen and oxygen atoms in total. The van der Waals surface area contributed by atoms with E-state index >= 15 is 0 Å². The van der Waals surface area contributed by atoms with E-state index < -0.39 is 12.1 Å². The van der Waals surface area contributed by atoms with Crippen LogP contribution in [0.4, 0.5) is 0 Å². The number of aromatic nitrogens is 2. The summed E-state index contributed by atoms with van der Waals surface area (Å²) in [5.41, 5.74) is 0.920. The summed E-state index contributed by atoms with van der Waals surface area (Å²) in [5.74, 6) is -0.289. The first kappa shape index (κ1) is 25.1. The second-order valence-electron chi connectivity index (χ2n) is 7.43. The molecule has 35 heavy (non-hydrogen) atoms. The smallest absolute Gasteiger partial charge is 0.339 e. The Balaban J connectivity index is 1.47. The lowest BCUT2D eigenvalue weighted by Crippen LogP contribution is -2.28. The highest BCUT2D eigenvalue weighted by Crippen LogP contribution is 2.34. The van der Waals surface area contributed by atoms with Crippen molar-refractivity contribution in [2.75, 3.05) is 26.0 Å². The molecular weight excluding hydrogens is 506 g/mol. The largest absolute Gasteiger partial charge is 0.451 e. The fourth-order valence-corrected chi connectivity index (χ4v) is 5.94. The summed E-state index contributed by atoms with van der Waals surface area (Å²) in [6, 6.07) is 10.8. The van der Waals surface area contributed by atoms with Crippen LogP contribution in [0.1, 0.15) is 29.2 Å². The molecule has 182 valence electrons. The summed E-state index contributed by atoms with van der Waals surface area (Å²) in [4.78, 5) is 47.4.